The lowest BCUT2D eigenvalue weighted by Gasteiger charge is -2.10. The summed E-state index contributed by atoms with van der Waals surface area (Å²) in [5.74, 6) is 0.746. The van der Waals surface area contributed by atoms with Crippen molar-refractivity contribution in [2.45, 2.75) is 46.1 Å². The number of nitrogens with one attached hydrogen (secondary N) is 1. The fourth-order valence-corrected chi connectivity index (χ4v) is 1.84. The Balaban J connectivity index is 2.45. The largest absolute Gasteiger partial charge is 0.317 e. The van der Waals surface area contributed by atoms with E-state index in [9.17, 15) is 0 Å². The summed E-state index contributed by atoms with van der Waals surface area (Å²) in [5.41, 5.74) is 2.91. The average Bonchev–Trinajstić information content (AvgIpc) is 2.27. The van der Waals surface area contributed by atoms with Crippen LogP contribution >= 0.6 is 0 Å². The van der Waals surface area contributed by atoms with Gasteiger partial charge in [0.2, 0.25) is 0 Å². The summed E-state index contributed by atoms with van der Waals surface area (Å²) >= 11 is 0. The maximum atomic E-state index is 3.27. The number of hydrogen-bond donors (Lipinski definition) is 1. The molecule has 16 heavy (non-hydrogen) atoms. The molecule has 0 saturated carbocycles. The standard InChI is InChI=1S/C15H25N/c1-12(2)11-15-9-7-14(8-10-15)6-5-13(3)16-4/h7-10,12-13,16H,5-6,11H2,1-4H3. The molecule has 0 spiro atoms. The van der Waals surface area contributed by atoms with E-state index in [0.29, 0.717) is 6.04 Å². The first-order valence-corrected chi connectivity index (χ1v) is 6.37. The normalized spacial score (nSPS) is 13.1. The van der Waals surface area contributed by atoms with Crippen LogP contribution in [0.4, 0.5) is 0 Å². The molecule has 1 atom stereocenters. The van der Waals surface area contributed by atoms with E-state index < -0.39 is 0 Å². The summed E-state index contributed by atoms with van der Waals surface area (Å²) in [7, 11) is 2.02. The SMILES string of the molecule is CNC(C)CCc1ccc(CC(C)C)cc1. The number of hydrogen-bond acceptors (Lipinski definition) is 1. The lowest BCUT2D eigenvalue weighted by Crippen LogP contribution is -2.21. The Labute approximate surface area is 100 Å². The summed E-state index contributed by atoms with van der Waals surface area (Å²) in [6.45, 7) is 6.76. The molecule has 0 aliphatic heterocycles. The second-order valence-electron chi connectivity index (χ2n) is 5.14. The third-order valence-corrected chi connectivity index (χ3v) is 3.03. The number of aryl methyl sites for hydroxylation is 1. The van der Waals surface area contributed by atoms with Crippen molar-refractivity contribution in [3.8, 4) is 0 Å². The molecule has 0 bridgehead atoms. The number of rotatable bonds is 6. The molecular weight excluding hydrogens is 194 g/mol. The smallest absolute Gasteiger partial charge is 0.00388 e. The molecule has 1 aromatic rings. The zero-order valence-electron chi connectivity index (χ0n) is 11.1. The molecule has 0 aliphatic rings. The van der Waals surface area contributed by atoms with Crippen molar-refractivity contribution in [3.63, 3.8) is 0 Å². The first-order chi connectivity index (χ1) is 7.61. The predicted molar refractivity (Wildman–Crippen MR) is 71.8 cm³/mol. The summed E-state index contributed by atoms with van der Waals surface area (Å²) in [4.78, 5) is 0. The predicted octanol–water partition coefficient (Wildman–Crippen LogP) is 3.43. The zero-order chi connectivity index (χ0) is 12.0. The molecular formula is C15H25N. The fraction of sp³-hybridized carbons (Fsp3) is 0.600. The van der Waals surface area contributed by atoms with Gasteiger partial charge in [0.15, 0.2) is 0 Å². The van der Waals surface area contributed by atoms with E-state index in [1.165, 1.54) is 30.4 Å². The van der Waals surface area contributed by atoms with Crippen LogP contribution in [0.3, 0.4) is 0 Å². The monoisotopic (exact) mass is 219 g/mol. The highest BCUT2D eigenvalue weighted by Crippen LogP contribution is 2.11. The summed E-state index contributed by atoms with van der Waals surface area (Å²) < 4.78 is 0. The van der Waals surface area contributed by atoms with Crippen molar-refractivity contribution in [1.29, 1.82) is 0 Å². The zero-order valence-corrected chi connectivity index (χ0v) is 11.1. The van der Waals surface area contributed by atoms with Crippen molar-refractivity contribution in [1.82, 2.24) is 5.32 Å². The van der Waals surface area contributed by atoms with Gasteiger partial charge in [0, 0.05) is 6.04 Å². The van der Waals surface area contributed by atoms with Gasteiger partial charge in [-0.05, 0) is 50.3 Å². The van der Waals surface area contributed by atoms with Gasteiger partial charge in [-0.25, -0.2) is 0 Å². The highest BCUT2D eigenvalue weighted by Gasteiger charge is 2.01. The Morgan fingerprint density at radius 1 is 1.00 bits per heavy atom. The van der Waals surface area contributed by atoms with Gasteiger partial charge in [-0.2, -0.15) is 0 Å². The van der Waals surface area contributed by atoms with Crippen LogP contribution in [0.2, 0.25) is 0 Å². The maximum absolute atomic E-state index is 3.27. The minimum absolute atomic E-state index is 0.607. The van der Waals surface area contributed by atoms with Crippen LogP contribution in [-0.2, 0) is 12.8 Å². The Hall–Kier alpha value is -0.820. The van der Waals surface area contributed by atoms with E-state index in [2.05, 4.69) is 50.4 Å². The van der Waals surface area contributed by atoms with E-state index in [0.717, 1.165) is 5.92 Å². The third-order valence-electron chi connectivity index (χ3n) is 3.03. The molecule has 0 heterocycles. The molecule has 0 amide bonds. The molecule has 1 heteroatoms. The van der Waals surface area contributed by atoms with Gasteiger partial charge in [0.25, 0.3) is 0 Å². The summed E-state index contributed by atoms with van der Waals surface area (Å²) in [6, 6.07) is 9.72. The Morgan fingerprint density at radius 3 is 2.06 bits per heavy atom. The van der Waals surface area contributed by atoms with Gasteiger partial charge in [-0.3, -0.25) is 0 Å². The lowest BCUT2D eigenvalue weighted by atomic mass is 10.00. The summed E-state index contributed by atoms with van der Waals surface area (Å²) in [5, 5.41) is 3.27. The second kappa shape index (κ2) is 6.70. The van der Waals surface area contributed by atoms with E-state index in [1.807, 2.05) is 7.05 Å². The van der Waals surface area contributed by atoms with E-state index in [1.54, 1.807) is 0 Å². The molecule has 1 nitrogen and oxygen atoms in total. The first-order valence-electron chi connectivity index (χ1n) is 6.37. The molecule has 1 unspecified atom stereocenters. The second-order valence-corrected chi connectivity index (χ2v) is 5.14. The maximum Gasteiger partial charge on any atom is 0.00388 e. The van der Waals surface area contributed by atoms with Crippen molar-refractivity contribution in [2.24, 2.45) is 5.92 Å². The van der Waals surface area contributed by atoms with Crippen molar-refractivity contribution < 1.29 is 0 Å². The molecule has 90 valence electrons. The lowest BCUT2D eigenvalue weighted by molar-refractivity contribution is 0.565. The highest BCUT2D eigenvalue weighted by molar-refractivity contribution is 5.23. The minimum atomic E-state index is 0.607. The minimum Gasteiger partial charge on any atom is -0.317 e. The van der Waals surface area contributed by atoms with Gasteiger partial charge >= 0.3 is 0 Å². The van der Waals surface area contributed by atoms with Crippen LogP contribution in [0.25, 0.3) is 0 Å². The number of benzene rings is 1. The Morgan fingerprint density at radius 2 is 1.56 bits per heavy atom. The van der Waals surface area contributed by atoms with Crippen LogP contribution in [-0.4, -0.2) is 13.1 Å². The molecule has 0 aromatic heterocycles. The Bertz CT molecular complexity index is 287. The quantitative estimate of drug-likeness (QED) is 0.773. The molecule has 0 fully saturated rings. The van der Waals surface area contributed by atoms with Gasteiger partial charge in [-0.1, -0.05) is 38.1 Å². The van der Waals surface area contributed by atoms with Crippen LogP contribution in [0, 0.1) is 5.92 Å². The van der Waals surface area contributed by atoms with Gasteiger partial charge in [-0.15, -0.1) is 0 Å². The highest BCUT2D eigenvalue weighted by atomic mass is 14.8. The van der Waals surface area contributed by atoms with Crippen LogP contribution in [0.5, 0.6) is 0 Å². The molecule has 0 radical (unpaired) electrons. The van der Waals surface area contributed by atoms with Crippen LogP contribution < -0.4 is 5.32 Å². The third kappa shape index (κ3) is 4.80. The van der Waals surface area contributed by atoms with Crippen molar-refractivity contribution >= 4 is 0 Å². The van der Waals surface area contributed by atoms with Gasteiger partial charge in [0.05, 0.1) is 0 Å². The summed E-state index contributed by atoms with van der Waals surface area (Å²) in [6.07, 6.45) is 3.57. The molecule has 0 aliphatic carbocycles. The van der Waals surface area contributed by atoms with Gasteiger partial charge < -0.3 is 5.32 Å². The molecule has 1 rings (SSSR count). The molecule has 1 N–H and O–H groups in total. The average molecular weight is 219 g/mol. The fourth-order valence-electron chi connectivity index (χ4n) is 1.84. The van der Waals surface area contributed by atoms with Crippen molar-refractivity contribution in [3.05, 3.63) is 35.4 Å². The van der Waals surface area contributed by atoms with Crippen LogP contribution in [0.1, 0.15) is 38.3 Å². The van der Waals surface area contributed by atoms with Crippen LogP contribution in [0.15, 0.2) is 24.3 Å². The van der Waals surface area contributed by atoms with E-state index in [-0.39, 0.29) is 0 Å². The topological polar surface area (TPSA) is 12.0 Å². The van der Waals surface area contributed by atoms with E-state index in [4.69, 9.17) is 0 Å². The molecule has 1 aromatic carbocycles. The van der Waals surface area contributed by atoms with Crippen molar-refractivity contribution in [2.75, 3.05) is 7.05 Å². The molecule has 0 saturated heterocycles. The van der Waals surface area contributed by atoms with E-state index >= 15 is 0 Å². The van der Waals surface area contributed by atoms with Gasteiger partial charge in [0.1, 0.15) is 0 Å². The Kier molecular flexibility index (Phi) is 5.54. The first kappa shape index (κ1) is 13.2.